The van der Waals surface area contributed by atoms with Gasteiger partial charge in [0.05, 0.1) is 6.61 Å². The molecule has 3 aliphatic heterocycles. The smallest absolute Gasteiger partial charge is 0.325 e. The van der Waals surface area contributed by atoms with Gasteiger partial charge in [-0.25, -0.2) is 4.79 Å². The zero-order chi connectivity index (χ0) is 24.4. The number of hydrogen-bond donors (Lipinski definition) is 1. The van der Waals surface area contributed by atoms with Crippen molar-refractivity contribution in [3.05, 3.63) is 65.2 Å². The van der Waals surface area contributed by atoms with E-state index < -0.39 is 11.6 Å². The van der Waals surface area contributed by atoms with Crippen LogP contribution in [0.15, 0.2) is 48.5 Å². The minimum atomic E-state index is -0.993. The van der Waals surface area contributed by atoms with Gasteiger partial charge in [0.1, 0.15) is 17.8 Å². The van der Waals surface area contributed by atoms with Gasteiger partial charge in [-0.1, -0.05) is 42.5 Å². The second-order valence-corrected chi connectivity index (χ2v) is 9.84. The van der Waals surface area contributed by atoms with Gasteiger partial charge in [0, 0.05) is 39.1 Å². The van der Waals surface area contributed by atoms with Crippen LogP contribution in [0.4, 0.5) is 4.79 Å². The van der Waals surface area contributed by atoms with E-state index in [1.54, 1.807) is 11.8 Å². The number of aryl methyl sites for hydroxylation is 1. The van der Waals surface area contributed by atoms with Crippen LogP contribution in [0.3, 0.4) is 0 Å². The van der Waals surface area contributed by atoms with Gasteiger partial charge < -0.3 is 15.0 Å². The summed E-state index contributed by atoms with van der Waals surface area (Å²) in [6, 6.07) is 15.7. The maximum atomic E-state index is 13.1. The molecule has 1 N–H and O–H groups in total. The molecule has 8 nitrogen and oxygen atoms in total. The molecule has 0 aliphatic carbocycles. The normalized spacial score (nSPS) is 22.2. The number of piperazine rings is 1. The minimum absolute atomic E-state index is 0.185. The maximum Gasteiger partial charge on any atom is 0.325 e. The van der Waals surface area contributed by atoms with Crippen molar-refractivity contribution in [3.8, 4) is 5.75 Å². The molecular formula is C27H32N4O4. The average molecular weight is 477 g/mol. The van der Waals surface area contributed by atoms with E-state index in [1.807, 2.05) is 36.4 Å². The fourth-order valence-corrected chi connectivity index (χ4v) is 5.09. The standard InChI is InChI=1S/C27H32N4O4/c1-27(11-9-20-5-3-2-4-6-20)25(33)31(26(34)28-27)19-24(32)30-14-12-29(13-15-30)18-21-7-8-23-22(17-21)10-16-35-23/h2-8,17H,9-16,18-19H2,1H3,(H,28,34). The van der Waals surface area contributed by atoms with Crippen LogP contribution in [-0.2, 0) is 29.0 Å². The van der Waals surface area contributed by atoms with Crippen molar-refractivity contribution in [1.29, 1.82) is 0 Å². The summed E-state index contributed by atoms with van der Waals surface area (Å²) >= 11 is 0. The lowest BCUT2D eigenvalue weighted by atomic mass is 9.93. The quantitative estimate of drug-likeness (QED) is 0.620. The second kappa shape index (κ2) is 9.70. The Balaban J connectivity index is 1.11. The molecule has 1 atom stereocenters. The van der Waals surface area contributed by atoms with Crippen LogP contribution in [0.25, 0.3) is 0 Å². The van der Waals surface area contributed by atoms with Crippen LogP contribution in [0, 0.1) is 0 Å². The monoisotopic (exact) mass is 476 g/mol. The number of carbonyl (C=O) groups excluding carboxylic acids is 3. The van der Waals surface area contributed by atoms with E-state index in [9.17, 15) is 14.4 Å². The van der Waals surface area contributed by atoms with Crippen LogP contribution in [0.1, 0.15) is 30.0 Å². The lowest BCUT2D eigenvalue weighted by Gasteiger charge is -2.35. The number of rotatable bonds is 7. The largest absolute Gasteiger partial charge is 0.493 e. The number of carbonyl (C=O) groups is 3. The summed E-state index contributed by atoms with van der Waals surface area (Å²) in [5.41, 5.74) is 2.63. The van der Waals surface area contributed by atoms with Gasteiger partial charge in [0.2, 0.25) is 5.91 Å². The topological polar surface area (TPSA) is 82.2 Å². The lowest BCUT2D eigenvalue weighted by molar-refractivity contribution is -0.139. The molecule has 2 saturated heterocycles. The zero-order valence-electron chi connectivity index (χ0n) is 20.2. The Morgan fingerprint density at radius 3 is 2.57 bits per heavy atom. The number of ether oxygens (including phenoxy) is 1. The van der Waals surface area contributed by atoms with E-state index >= 15 is 0 Å². The molecule has 2 aromatic rings. The van der Waals surface area contributed by atoms with Gasteiger partial charge in [-0.05, 0) is 42.5 Å². The molecule has 5 rings (SSSR count). The van der Waals surface area contributed by atoms with Crippen LogP contribution in [0.2, 0.25) is 0 Å². The van der Waals surface area contributed by atoms with E-state index in [4.69, 9.17) is 4.74 Å². The Kier molecular flexibility index (Phi) is 6.47. The first-order valence-electron chi connectivity index (χ1n) is 12.3. The Labute approximate surface area is 205 Å². The lowest BCUT2D eigenvalue weighted by Crippen LogP contribution is -2.52. The minimum Gasteiger partial charge on any atom is -0.493 e. The summed E-state index contributed by atoms with van der Waals surface area (Å²) in [7, 11) is 0. The molecule has 0 aromatic heterocycles. The second-order valence-electron chi connectivity index (χ2n) is 9.84. The Hall–Kier alpha value is -3.39. The highest BCUT2D eigenvalue weighted by atomic mass is 16.5. The van der Waals surface area contributed by atoms with Crippen LogP contribution in [0.5, 0.6) is 5.75 Å². The highest BCUT2D eigenvalue weighted by Gasteiger charge is 2.48. The number of imide groups is 1. The summed E-state index contributed by atoms with van der Waals surface area (Å²) in [5.74, 6) is 0.474. The molecular weight excluding hydrogens is 444 g/mol. The maximum absolute atomic E-state index is 13.1. The number of hydrogen-bond acceptors (Lipinski definition) is 5. The fraction of sp³-hybridized carbons (Fsp3) is 0.444. The molecule has 184 valence electrons. The molecule has 0 radical (unpaired) electrons. The molecule has 0 spiro atoms. The third-order valence-corrected chi connectivity index (χ3v) is 7.28. The van der Waals surface area contributed by atoms with Crippen molar-refractivity contribution < 1.29 is 19.1 Å². The third kappa shape index (κ3) is 5.03. The first-order valence-corrected chi connectivity index (χ1v) is 12.3. The number of benzene rings is 2. The summed E-state index contributed by atoms with van der Waals surface area (Å²) in [6.45, 7) is 5.80. The predicted octanol–water partition coefficient (Wildman–Crippen LogP) is 2.21. The number of nitrogens with one attached hydrogen (secondary N) is 1. The van der Waals surface area contributed by atoms with Crippen molar-refractivity contribution in [2.24, 2.45) is 0 Å². The number of amides is 4. The summed E-state index contributed by atoms with van der Waals surface area (Å²) in [6.07, 6.45) is 2.11. The van der Waals surface area contributed by atoms with E-state index in [-0.39, 0.29) is 18.4 Å². The van der Waals surface area contributed by atoms with Gasteiger partial charge in [0.15, 0.2) is 0 Å². The third-order valence-electron chi connectivity index (χ3n) is 7.28. The molecule has 4 amide bonds. The first kappa shape index (κ1) is 23.4. The van der Waals surface area contributed by atoms with Crippen molar-refractivity contribution >= 4 is 17.8 Å². The molecule has 3 heterocycles. The van der Waals surface area contributed by atoms with Crippen molar-refractivity contribution in [1.82, 2.24) is 20.0 Å². The van der Waals surface area contributed by atoms with Gasteiger partial charge >= 0.3 is 6.03 Å². The van der Waals surface area contributed by atoms with Crippen molar-refractivity contribution in [3.63, 3.8) is 0 Å². The van der Waals surface area contributed by atoms with E-state index in [0.717, 1.165) is 48.9 Å². The van der Waals surface area contributed by atoms with Crippen molar-refractivity contribution in [2.75, 3.05) is 39.3 Å². The van der Waals surface area contributed by atoms with E-state index in [0.29, 0.717) is 25.9 Å². The highest BCUT2D eigenvalue weighted by molar-refractivity contribution is 6.08. The highest BCUT2D eigenvalue weighted by Crippen LogP contribution is 2.27. The SMILES string of the molecule is CC1(CCc2ccccc2)NC(=O)N(CC(=O)N2CCN(Cc3ccc4c(c3)CCO4)CC2)C1=O. The Morgan fingerprint density at radius 2 is 1.80 bits per heavy atom. The molecule has 1 unspecified atom stereocenters. The van der Waals surface area contributed by atoms with Crippen LogP contribution >= 0.6 is 0 Å². The van der Waals surface area contributed by atoms with E-state index in [2.05, 4.69) is 22.3 Å². The first-order chi connectivity index (χ1) is 16.9. The Morgan fingerprint density at radius 1 is 1.03 bits per heavy atom. The molecule has 0 bridgehead atoms. The zero-order valence-corrected chi connectivity index (χ0v) is 20.2. The summed E-state index contributed by atoms with van der Waals surface area (Å²) < 4.78 is 5.59. The van der Waals surface area contributed by atoms with Gasteiger partial charge in [0.25, 0.3) is 5.91 Å². The predicted molar refractivity (Wildman–Crippen MR) is 131 cm³/mol. The van der Waals surface area contributed by atoms with Gasteiger partial charge in [-0.2, -0.15) is 0 Å². The molecule has 0 saturated carbocycles. The van der Waals surface area contributed by atoms with Crippen molar-refractivity contribution in [2.45, 2.75) is 38.3 Å². The molecule has 35 heavy (non-hydrogen) atoms. The summed E-state index contributed by atoms with van der Waals surface area (Å²) in [4.78, 5) is 43.7. The van der Waals surface area contributed by atoms with Crippen LogP contribution in [-0.4, -0.2) is 77.4 Å². The van der Waals surface area contributed by atoms with Gasteiger partial charge in [-0.15, -0.1) is 0 Å². The molecule has 8 heteroatoms. The average Bonchev–Trinajstić information content (AvgIpc) is 3.42. The molecule has 2 aromatic carbocycles. The van der Waals surface area contributed by atoms with Crippen LogP contribution < -0.4 is 10.1 Å². The number of fused-ring (bicyclic) bond motifs is 1. The Bertz CT molecular complexity index is 1110. The summed E-state index contributed by atoms with van der Waals surface area (Å²) in [5, 5.41) is 2.81. The number of nitrogens with zero attached hydrogens (tertiary/aromatic N) is 3. The van der Waals surface area contributed by atoms with Gasteiger partial charge in [-0.3, -0.25) is 19.4 Å². The fourth-order valence-electron chi connectivity index (χ4n) is 5.09. The molecule has 3 aliphatic rings. The number of urea groups is 1. The van der Waals surface area contributed by atoms with E-state index in [1.165, 1.54) is 11.1 Å². The molecule has 2 fully saturated rings.